The van der Waals surface area contributed by atoms with Crippen LogP contribution in [0.5, 0.6) is 0 Å². The Hall–Kier alpha value is -2.48. The fraction of sp³-hybridized carbons (Fsp3) is 0.667. The quantitative estimate of drug-likeness (QED) is 0.726. The lowest BCUT2D eigenvalue weighted by molar-refractivity contribution is -0.136. The first-order valence-corrected chi connectivity index (χ1v) is 12.1. The Morgan fingerprint density at radius 2 is 1.84 bits per heavy atom. The molecule has 8 heteroatoms. The van der Waals surface area contributed by atoms with Gasteiger partial charge in [-0.05, 0) is 39.7 Å². The lowest BCUT2D eigenvalue weighted by Gasteiger charge is -2.35. The third kappa shape index (κ3) is 4.37. The predicted octanol–water partition coefficient (Wildman–Crippen LogP) is 3.09. The first-order valence-electron chi connectivity index (χ1n) is 12.1. The Morgan fingerprint density at radius 3 is 2.56 bits per heavy atom. The molecule has 1 aliphatic carbocycles. The van der Waals surface area contributed by atoms with E-state index in [1.165, 1.54) is 12.8 Å². The lowest BCUT2D eigenvalue weighted by atomic mass is 9.90. The van der Waals surface area contributed by atoms with Gasteiger partial charge in [-0.1, -0.05) is 18.0 Å². The topological polar surface area (TPSA) is 78.6 Å². The van der Waals surface area contributed by atoms with Crippen LogP contribution in [0, 0.1) is 12.8 Å². The molecule has 172 valence electrons. The molecule has 1 amide bonds. The minimum absolute atomic E-state index is 0.184. The van der Waals surface area contributed by atoms with Crippen molar-refractivity contribution in [1.29, 1.82) is 0 Å². The number of hydrogen-bond acceptors (Lipinski definition) is 7. The van der Waals surface area contributed by atoms with E-state index in [9.17, 15) is 4.79 Å². The van der Waals surface area contributed by atoms with Crippen molar-refractivity contribution >= 4 is 11.9 Å². The average Bonchev–Trinajstić information content (AvgIpc) is 3.51. The number of rotatable bonds is 4. The highest BCUT2D eigenvalue weighted by Crippen LogP contribution is 2.36. The number of anilines is 1. The molecule has 8 nitrogen and oxygen atoms in total. The van der Waals surface area contributed by atoms with E-state index >= 15 is 0 Å². The largest absolute Gasteiger partial charge is 0.356 e. The highest BCUT2D eigenvalue weighted by Gasteiger charge is 2.33. The van der Waals surface area contributed by atoms with Gasteiger partial charge >= 0.3 is 0 Å². The molecule has 3 fully saturated rings. The second kappa shape index (κ2) is 9.17. The molecule has 0 aromatic carbocycles. The second-order valence-electron chi connectivity index (χ2n) is 9.70. The van der Waals surface area contributed by atoms with Crippen LogP contribution in [0.2, 0.25) is 0 Å². The number of amides is 1. The van der Waals surface area contributed by atoms with E-state index in [-0.39, 0.29) is 11.8 Å². The fourth-order valence-corrected chi connectivity index (χ4v) is 5.37. The molecule has 2 aromatic heterocycles. The molecular weight excluding hydrogens is 404 g/mol. The van der Waals surface area contributed by atoms with Crippen molar-refractivity contribution in [2.75, 3.05) is 51.2 Å². The van der Waals surface area contributed by atoms with Gasteiger partial charge in [0.1, 0.15) is 0 Å². The van der Waals surface area contributed by atoms with Crippen LogP contribution in [0.3, 0.4) is 0 Å². The van der Waals surface area contributed by atoms with Crippen LogP contribution in [0.4, 0.5) is 5.95 Å². The molecule has 0 N–H and O–H groups in total. The normalized spacial score (nSPS) is 23.1. The average molecular weight is 439 g/mol. The maximum absolute atomic E-state index is 13.1. The number of likely N-dealkylation sites (N-methyl/N-ethyl adjacent to an activating group) is 1. The monoisotopic (exact) mass is 438 g/mol. The minimum atomic E-state index is 0.184. The molecule has 2 aliphatic heterocycles. The van der Waals surface area contributed by atoms with Gasteiger partial charge < -0.3 is 19.2 Å². The van der Waals surface area contributed by atoms with Crippen LogP contribution in [0.25, 0.3) is 11.3 Å². The van der Waals surface area contributed by atoms with E-state index < -0.39 is 0 Å². The summed E-state index contributed by atoms with van der Waals surface area (Å²) in [5, 5.41) is 4.08. The van der Waals surface area contributed by atoms with Crippen molar-refractivity contribution < 1.29 is 9.32 Å². The molecule has 1 unspecified atom stereocenters. The Kier molecular flexibility index (Phi) is 6.13. The van der Waals surface area contributed by atoms with Gasteiger partial charge in [-0.15, -0.1) is 0 Å². The zero-order valence-corrected chi connectivity index (χ0v) is 19.3. The summed E-state index contributed by atoms with van der Waals surface area (Å²) in [5.41, 5.74) is 2.74. The van der Waals surface area contributed by atoms with Gasteiger partial charge in [0, 0.05) is 63.4 Å². The van der Waals surface area contributed by atoms with Gasteiger partial charge in [0.25, 0.3) is 0 Å². The summed E-state index contributed by atoms with van der Waals surface area (Å²) in [6, 6.07) is 1.95. The highest BCUT2D eigenvalue weighted by atomic mass is 16.5. The summed E-state index contributed by atoms with van der Waals surface area (Å²) in [4.78, 5) is 29.6. The minimum Gasteiger partial charge on any atom is -0.356 e. The first-order chi connectivity index (χ1) is 15.6. The van der Waals surface area contributed by atoms with Gasteiger partial charge in [-0.25, -0.2) is 9.97 Å². The number of piperidine rings is 1. The molecule has 1 saturated carbocycles. The number of aryl methyl sites for hydroxylation is 1. The van der Waals surface area contributed by atoms with Crippen LogP contribution >= 0.6 is 0 Å². The Balaban J connectivity index is 1.44. The van der Waals surface area contributed by atoms with Gasteiger partial charge in [0.2, 0.25) is 11.9 Å². The van der Waals surface area contributed by atoms with Crippen LogP contribution < -0.4 is 4.90 Å². The van der Waals surface area contributed by atoms with Crippen molar-refractivity contribution in [3.05, 3.63) is 23.7 Å². The van der Waals surface area contributed by atoms with Crippen LogP contribution in [-0.4, -0.2) is 77.1 Å². The molecule has 1 atom stereocenters. The summed E-state index contributed by atoms with van der Waals surface area (Å²) in [6.07, 6.45) is 8.38. The molecule has 2 aromatic rings. The lowest BCUT2D eigenvalue weighted by Crippen LogP contribution is -2.45. The van der Waals surface area contributed by atoms with E-state index in [0.717, 1.165) is 87.9 Å². The summed E-state index contributed by atoms with van der Waals surface area (Å²) >= 11 is 0. The summed E-state index contributed by atoms with van der Waals surface area (Å²) in [6.45, 7) is 7.38. The van der Waals surface area contributed by atoms with E-state index in [1.54, 1.807) is 0 Å². The van der Waals surface area contributed by atoms with Gasteiger partial charge in [-0.2, -0.15) is 0 Å². The molecule has 32 heavy (non-hydrogen) atoms. The Bertz CT molecular complexity index is 946. The second-order valence-corrected chi connectivity index (χ2v) is 9.70. The molecule has 0 spiro atoms. The number of carbonyl (C=O) groups is 1. The third-order valence-electron chi connectivity index (χ3n) is 7.31. The Morgan fingerprint density at radius 1 is 1.06 bits per heavy atom. The van der Waals surface area contributed by atoms with Crippen molar-refractivity contribution in [3.63, 3.8) is 0 Å². The summed E-state index contributed by atoms with van der Waals surface area (Å²) < 4.78 is 5.61. The zero-order valence-electron chi connectivity index (χ0n) is 19.3. The third-order valence-corrected chi connectivity index (χ3v) is 7.31. The SMILES string of the molecule is Cc1cc(-c2cnc(N3CCN(C)CC3)nc2C2CCCN(C(=O)C3CCCC3)C2)on1. The van der Waals surface area contributed by atoms with Crippen molar-refractivity contribution in [1.82, 2.24) is 24.9 Å². The highest BCUT2D eigenvalue weighted by molar-refractivity contribution is 5.79. The molecule has 4 heterocycles. The van der Waals surface area contributed by atoms with E-state index in [2.05, 4.69) is 26.9 Å². The molecule has 2 saturated heterocycles. The van der Waals surface area contributed by atoms with Crippen molar-refractivity contribution in [3.8, 4) is 11.3 Å². The molecule has 3 aliphatic rings. The number of carbonyl (C=O) groups excluding carboxylic acids is 1. The molecule has 0 bridgehead atoms. The van der Waals surface area contributed by atoms with Crippen molar-refractivity contribution in [2.24, 2.45) is 5.92 Å². The fourth-order valence-electron chi connectivity index (χ4n) is 5.37. The van der Waals surface area contributed by atoms with Crippen molar-refractivity contribution in [2.45, 2.75) is 51.4 Å². The molecule has 5 rings (SSSR count). The number of nitrogens with zero attached hydrogens (tertiary/aromatic N) is 6. The van der Waals surface area contributed by atoms with Gasteiger partial charge in [0.15, 0.2) is 5.76 Å². The predicted molar refractivity (Wildman–Crippen MR) is 122 cm³/mol. The van der Waals surface area contributed by atoms with Crippen LogP contribution in [0.1, 0.15) is 55.8 Å². The zero-order chi connectivity index (χ0) is 22.1. The number of piperazine rings is 1. The summed E-state index contributed by atoms with van der Waals surface area (Å²) in [7, 11) is 2.15. The first kappa shape index (κ1) is 21.4. The van der Waals surface area contributed by atoms with Crippen LogP contribution in [0.15, 0.2) is 16.8 Å². The number of hydrogen-bond donors (Lipinski definition) is 0. The summed E-state index contributed by atoms with van der Waals surface area (Å²) in [5.74, 6) is 2.24. The molecular formula is C24H34N6O2. The molecule has 0 radical (unpaired) electrons. The number of aromatic nitrogens is 3. The smallest absolute Gasteiger partial charge is 0.225 e. The van der Waals surface area contributed by atoms with E-state index in [4.69, 9.17) is 14.5 Å². The van der Waals surface area contributed by atoms with Crippen LogP contribution in [-0.2, 0) is 4.79 Å². The van der Waals surface area contributed by atoms with Gasteiger partial charge in [0.05, 0.1) is 17.0 Å². The number of likely N-dealkylation sites (tertiary alicyclic amines) is 1. The standard InChI is InChI=1S/C24H34N6O2/c1-17-14-21(32-27-17)20-15-25-24(29-12-10-28(2)11-13-29)26-22(20)19-8-5-9-30(16-19)23(31)18-6-3-4-7-18/h14-15,18-19H,3-13,16H2,1-2H3. The van der Waals surface area contributed by atoms with E-state index in [0.29, 0.717) is 11.7 Å². The Labute approximate surface area is 190 Å². The maximum Gasteiger partial charge on any atom is 0.225 e. The van der Waals surface area contributed by atoms with E-state index in [1.807, 2.05) is 19.2 Å². The van der Waals surface area contributed by atoms with Gasteiger partial charge in [-0.3, -0.25) is 4.79 Å². The maximum atomic E-state index is 13.1.